The Morgan fingerprint density at radius 2 is 2.03 bits per heavy atom. The minimum atomic E-state index is -3.68. The zero-order valence-corrected chi connectivity index (χ0v) is 16.2. The van der Waals surface area contributed by atoms with Crippen LogP contribution in [-0.4, -0.2) is 30.3 Å². The van der Waals surface area contributed by atoms with Crippen LogP contribution in [0.25, 0.3) is 5.65 Å². The van der Waals surface area contributed by atoms with Gasteiger partial charge in [-0.1, -0.05) is 18.2 Å². The van der Waals surface area contributed by atoms with Gasteiger partial charge in [0.1, 0.15) is 11.5 Å². The Labute approximate surface area is 173 Å². The van der Waals surface area contributed by atoms with Crippen LogP contribution in [0.5, 0.6) is 0 Å². The van der Waals surface area contributed by atoms with Gasteiger partial charge in [0.15, 0.2) is 11.3 Å². The molecule has 4 aromatic rings. The maximum atomic E-state index is 13.8. The minimum Gasteiger partial charge on any atom is -0.318 e. The van der Waals surface area contributed by atoms with Crippen LogP contribution in [-0.2, 0) is 11.9 Å². The van der Waals surface area contributed by atoms with E-state index in [0.29, 0.717) is 16.9 Å². The molecule has 0 atom stereocenters. The first-order chi connectivity index (χ1) is 14.2. The molecule has 0 fully saturated rings. The highest BCUT2D eigenvalue weighted by molar-refractivity contribution is 6.21. The van der Waals surface area contributed by atoms with Gasteiger partial charge in [-0.3, -0.25) is 9.48 Å². The van der Waals surface area contributed by atoms with E-state index in [1.165, 1.54) is 36.1 Å². The zero-order chi connectivity index (χ0) is 21.5. The van der Waals surface area contributed by atoms with Gasteiger partial charge < -0.3 is 5.32 Å². The zero-order valence-electron chi connectivity index (χ0n) is 15.5. The van der Waals surface area contributed by atoms with E-state index in [2.05, 4.69) is 20.5 Å². The Balaban J connectivity index is 1.55. The molecule has 0 spiro atoms. The lowest BCUT2D eigenvalue weighted by molar-refractivity contribution is 0.0868. The van der Waals surface area contributed by atoms with Gasteiger partial charge in [-0.2, -0.15) is 19.0 Å². The topological polar surface area (TPSA) is 77.1 Å². The third-order valence-corrected chi connectivity index (χ3v) is 4.45. The number of aryl methyl sites for hydroxylation is 1. The second-order valence-electron chi connectivity index (χ2n) is 6.55. The Bertz CT molecular complexity index is 1250. The van der Waals surface area contributed by atoms with E-state index < -0.39 is 17.0 Å². The van der Waals surface area contributed by atoms with Crippen LogP contribution in [0.3, 0.4) is 0 Å². The molecule has 1 amide bonds. The fraction of sp³-hybridized carbons (Fsp3) is 0.158. The predicted octanol–water partition coefficient (Wildman–Crippen LogP) is 3.96. The van der Waals surface area contributed by atoms with Crippen molar-refractivity contribution < 1.29 is 18.0 Å². The van der Waals surface area contributed by atoms with Crippen molar-refractivity contribution in [2.24, 2.45) is 0 Å². The second-order valence-corrected chi connectivity index (χ2v) is 7.03. The molecule has 11 heteroatoms. The smallest absolute Gasteiger partial charge is 0.318 e. The van der Waals surface area contributed by atoms with E-state index >= 15 is 0 Å². The van der Waals surface area contributed by atoms with Crippen molar-refractivity contribution in [2.75, 3.05) is 5.32 Å². The van der Waals surface area contributed by atoms with Crippen LogP contribution >= 0.6 is 11.6 Å². The number of amides is 1. The molecule has 1 aromatic carbocycles. The number of aromatic nitrogens is 5. The number of benzene rings is 1. The van der Waals surface area contributed by atoms with Gasteiger partial charge in [-0.15, -0.1) is 0 Å². The average molecular weight is 435 g/mol. The standard InChI is InChI=1S/C19H14ClF3N6O/c1-11-6-16(19(20,22)23)29-17(25-11)7-15(27-29)18(30)26-13-8-24-28(10-13)9-12-4-2-3-5-14(12)21/h2-8,10H,9H2,1H3,(H,26,30). The number of anilines is 1. The lowest BCUT2D eigenvalue weighted by Gasteiger charge is -2.10. The quantitative estimate of drug-likeness (QED) is 0.482. The molecule has 0 aliphatic carbocycles. The molecule has 0 radical (unpaired) electrons. The molecule has 30 heavy (non-hydrogen) atoms. The highest BCUT2D eigenvalue weighted by atomic mass is 35.5. The summed E-state index contributed by atoms with van der Waals surface area (Å²) in [6.45, 7) is 1.71. The monoisotopic (exact) mass is 434 g/mol. The van der Waals surface area contributed by atoms with Gasteiger partial charge in [0, 0.05) is 23.5 Å². The predicted molar refractivity (Wildman–Crippen MR) is 103 cm³/mol. The first kappa shape index (κ1) is 19.9. The van der Waals surface area contributed by atoms with Gasteiger partial charge in [-0.25, -0.2) is 13.9 Å². The fourth-order valence-electron chi connectivity index (χ4n) is 2.92. The number of halogens is 4. The number of carbonyl (C=O) groups excluding carboxylic acids is 1. The summed E-state index contributed by atoms with van der Waals surface area (Å²) >= 11 is 5.15. The van der Waals surface area contributed by atoms with Crippen LogP contribution in [0.2, 0.25) is 0 Å². The summed E-state index contributed by atoms with van der Waals surface area (Å²) in [5.74, 6) is -1.01. The number of hydrogen-bond acceptors (Lipinski definition) is 4. The Kier molecular flexibility index (Phi) is 4.94. The molecule has 0 saturated heterocycles. The largest absolute Gasteiger partial charge is 0.364 e. The van der Waals surface area contributed by atoms with Crippen LogP contribution in [0.15, 0.2) is 48.8 Å². The second kappa shape index (κ2) is 7.45. The number of rotatable bonds is 5. The Morgan fingerprint density at radius 3 is 2.77 bits per heavy atom. The average Bonchev–Trinajstić information content (AvgIpc) is 3.28. The molecule has 0 bridgehead atoms. The highest BCUT2D eigenvalue weighted by Crippen LogP contribution is 2.32. The van der Waals surface area contributed by atoms with Gasteiger partial charge in [0.05, 0.1) is 18.4 Å². The molecule has 0 aliphatic rings. The fourth-order valence-corrected chi connectivity index (χ4v) is 3.06. The SMILES string of the molecule is Cc1cc(C(F)(F)Cl)n2nc(C(=O)Nc3cnn(Cc4ccccc4F)c3)cc2n1. The van der Waals surface area contributed by atoms with Crippen molar-refractivity contribution in [1.29, 1.82) is 0 Å². The molecule has 7 nitrogen and oxygen atoms in total. The molecule has 0 aliphatic heterocycles. The first-order valence-corrected chi connectivity index (χ1v) is 9.10. The molecule has 3 heterocycles. The first-order valence-electron chi connectivity index (χ1n) is 8.72. The summed E-state index contributed by atoms with van der Waals surface area (Å²) in [6.07, 6.45) is 2.90. The van der Waals surface area contributed by atoms with Gasteiger partial charge in [0.2, 0.25) is 0 Å². The summed E-state index contributed by atoms with van der Waals surface area (Å²) in [5.41, 5.74) is 0.417. The highest BCUT2D eigenvalue weighted by Gasteiger charge is 2.32. The maximum Gasteiger partial charge on any atom is 0.364 e. The van der Waals surface area contributed by atoms with E-state index in [9.17, 15) is 18.0 Å². The Hall–Kier alpha value is -3.40. The lowest BCUT2D eigenvalue weighted by atomic mass is 10.2. The number of fused-ring (bicyclic) bond motifs is 1. The molecule has 3 aromatic heterocycles. The van der Waals surface area contributed by atoms with E-state index in [4.69, 9.17) is 11.6 Å². The van der Waals surface area contributed by atoms with E-state index in [0.717, 1.165) is 10.6 Å². The number of carbonyl (C=O) groups is 1. The van der Waals surface area contributed by atoms with Crippen LogP contribution in [0.4, 0.5) is 18.9 Å². The van der Waals surface area contributed by atoms with Gasteiger partial charge in [-0.05, 0) is 30.7 Å². The molecule has 4 rings (SSSR count). The third-order valence-electron chi connectivity index (χ3n) is 4.26. The third kappa shape index (κ3) is 3.99. The van der Waals surface area contributed by atoms with Crippen LogP contribution in [0.1, 0.15) is 27.4 Å². The number of nitrogens with zero attached hydrogens (tertiary/aromatic N) is 5. The summed E-state index contributed by atoms with van der Waals surface area (Å²) < 4.78 is 43.4. The van der Waals surface area contributed by atoms with E-state index in [1.54, 1.807) is 18.2 Å². The lowest BCUT2D eigenvalue weighted by Crippen LogP contribution is -2.15. The summed E-state index contributed by atoms with van der Waals surface area (Å²) in [6, 6.07) is 8.65. The maximum absolute atomic E-state index is 13.8. The van der Waals surface area contributed by atoms with Crippen molar-refractivity contribution in [3.05, 3.63) is 77.3 Å². The number of nitrogens with one attached hydrogen (secondary N) is 1. The normalized spacial score (nSPS) is 11.8. The molecule has 154 valence electrons. The number of alkyl halides is 3. The van der Waals surface area contributed by atoms with Gasteiger partial charge in [0.25, 0.3) is 5.91 Å². The van der Waals surface area contributed by atoms with Gasteiger partial charge >= 0.3 is 5.38 Å². The van der Waals surface area contributed by atoms with Crippen molar-refractivity contribution in [3.63, 3.8) is 0 Å². The number of hydrogen-bond donors (Lipinski definition) is 1. The summed E-state index contributed by atoms with van der Waals surface area (Å²) in [4.78, 5) is 16.6. The minimum absolute atomic E-state index is 0.0609. The molecular weight excluding hydrogens is 421 g/mol. The molecule has 1 N–H and O–H groups in total. The molecular formula is C19H14ClF3N6O. The Morgan fingerprint density at radius 1 is 1.27 bits per heavy atom. The summed E-state index contributed by atoms with van der Waals surface area (Å²) in [5, 5.41) is 6.88. The molecule has 0 unspecified atom stereocenters. The molecule has 0 saturated carbocycles. The van der Waals surface area contributed by atoms with Crippen molar-refractivity contribution in [1.82, 2.24) is 24.4 Å². The van der Waals surface area contributed by atoms with E-state index in [-0.39, 0.29) is 23.7 Å². The van der Waals surface area contributed by atoms with Crippen molar-refractivity contribution in [3.8, 4) is 0 Å². The van der Waals surface area contributed by atoms with Crippen LogP contribution < -0.4 is 5.32 Å². The van der Waals surface area contributed by atoms with Crippen molar-refractivity contribution in [2.45, 2.75) is 18.9 Å². The van der Waals surface area contributed by atoms with E-state index in [1.807, 2.05) is 0 Å². The summed E-state index contributed by atoms with van der Waals surface area (Å²) in [7, 11) is 0. The van der Waals surface area contributed by atoms with Crippen LogP contribution in [0, 0.1) is 12.7 Å². The van der Waals surface area contributed by atoms with Crippen molar-refractivity contribution >= 4 is 28.8 Å².